The average molecular weight is 386 g/mol. The molecule has 0 aliphatic carbocycles. The van der Waals surface area contributed by atoms with Crippen LogP contribution >= 0.6 is 0 Å². The van der Waals surface area contributed by atoms with Gasteiger partial charge in [0.2, 0.25) is 5.91 Å². The van der Waals surface area contributed by atoms with Crippen LogP contribution in [-0.4, -0.2) is 39.3 Å². The number of carbonyl (C=O) groups excluding carboxylic acids is 1. The summed E-state index contributed by atoms with van der Waals surface area (Å²) >= 11 is 0. The number of anilines is 2. The second-order valence-electron chi connectivity index (χ2n) is 7.25. The molecule has 2 aromatic rings. The zero-order valence-corrected chi connectivity index (χ0v) is 16.6. The maximum atomic E-state index is 13.3. The second-order valence-corrected chi connectivity index (χ2v) is 7.25. The lowest BCUT2D eigenvalue weighted by Crippen LogP contribution is -2.36. The number of halogens is 1. The summed E-state index contributed by atoms with van der Waals surface area (Å²) in [6.45, 7) is 6.96. The van der Waals surface area contributed by atoms with Crippen LogP contribution in [0.5, 0.6) is 5.75 Å². The standard InChI is InChI=1S/C22H27FN2O3/c1-15(2)21(16-4-6-17(23)7-5-16)22(26)24-19-14-18(8-9-20(19)27-3)25-10-12-28-13-11-25/h4-9,14-15,21H,10-13H2,1-3H3,(H,24,26). The molecule has 0 saturated carbocycles. The van der Waals surface area contributed by atoms with E-state index in [0.717, 1.165) is 24.3 Å². The van der Waals surface area contributed by atoms with Gasteiger partial charge in [0.15, 0.2) is 0 Å². The Kier molecular flexibility index (Phi) is 6.52. The van der Waals surface area contributed by atoms with E-state index in [1.807, 2.05) is 32.0 Å². The number of ether oxygens (including phenoxy) is 2. The summed E-state index contributed by atoms with van der Waals surface area (Å²) in [4.78, 5) is 15.3. The summed E-state index contributed by atoms with van der Waals surface area (Å²) in [6.07, 6.45) is 0. The number of morpholine rings is 1. The predicted molar refractivity (Wildman–Crippen MR) is 109 cm³/mol. The fraction of sp³-hybridized carbons (Fsp3) is 0.409. The Balaban J connectivity index is 1.85. The van der Waals surface area contributed by atoms with Gasteiger partial charge < -0.3 is 19.7 Å². The molecule has 1 N–H and O–H groups in total. The van der Waals surface area contributed by atoms with Crippen LogP contribution in [0.3, 0.4) is 0 Å². The maximum absolute atomic E-state index is 13.3. The molecule has 1 atom stereocenters. The van der Waals surface area contributed by atoms with Gasteiger partial charge >= 0.3 is 0 Å². The third-order valence-electron chi connectivity index (χ3n) is 5.00. The van der Waals surface area contributed by atoms with Crippen molar-refractivity contribution < 1.29 is 18.7 Å². The molecule has 1 unspecified atom stereocenters. The molecule has 1 aliphatic rings. The lowest BCUT2D eigenvalue weighted by atomic mass is 9.87. The van der Waals surface area contributed by atoms with Crippen molar-refractivity contribution in [2.24, 2.45) is 5.92 Å². The predicted octanol–water partition coefficient (Wildman–Crippen LogP) is 4.05. The molecule has 0 bridgehead atoms. The number of hydrogen-bond acceptors (Lipinski definition) is 4. The van der Waals surface area contributed by atoms with Crippen LogP contribution in [0, 0.1) is 11.7 Å². The third-order valence-corrected chi connectivity index (χ3v) is 5.00. The molecule has 1 heterocycles. The van der Waals surface area contributed by atoms with Crippen molar-refractivity contribution in [3.05, 3.63) is 53.8 Å². The monoisotopic (exact) mass is 386 g/mol. The van der Waals surface area contributed by atoms with E-state index < -0.39 is 5.92 Å². The first-order chi connectivity index (χ1) is 13.5. The van der Waals surface area contributed by atoms with Gasteiger partial charge in [-0.15, -0.1) is 0 Å². The number of hydrogen-bond donors (Lipinski definition) is 1. The molecular weight excluding hydrogens is 359 g/mol. The molecule has 2 aromatic carbocycles. The molecular formula is C22H27FN2O3. The number of carbonyl (C=O) groups is 1. The minimum atomic E-state index is -0.391. The highest BCUT2D eigenvalue weighted by molar-refractivity contribution is 5.97. The van der Waals surface area contributed by atoms with Gasteiger partial charge in [0.25, 0.3) is 0 Å². The lowest BCUT2D eigenvalue weighted by Gasteiger charge is -2.29. The number of amides is 1. The normalized spacial score (nSPS) is 15.4. The van der Waals surface area contributed by atoms with E-state index >= 15 is 0 Å². The van der Waals surface area contributed by atoms with E-state index in [1.54, 1.807) is 19.2 Å². The first kappa shape index (κ1) is 20.1. The highest BCUT2D eigenvalue weighted by Gasteiger charge is 2.25. The van der Waals surface area contributed by atoms with Crippen molar-refractivity contribution in [3.63, 3.8) is 0 Å². The van der Waals surface area contributed by atoms with Gasteiger partial charge in [-0.3, -0.25) is 4.79 Å². The summed E-state index contributed by atoms with van der Waals surface area (Å²) in [5.74, 6) is -0.186. The van der Waals surface area contributed by atoms with Crippen LogP contribution in [0.1, 0.15) is 25.3 Å². The third kappa shape index (κ3) is 4.62. The van der Waals surface area contributed by atoms with Crippen LogP contribution < -0.4 is 15.0 Å². The van der Waals surface area contributed by atoms with Crippen LogP contribution in [0.25, 0.3) is 0 Å². The number of methoxy groups -OCH3 is 1. The fourth-order valence-corrected chi connectivity index (χ4v) is 3.53. The second kappa shape index (κ2) is 9.06. The van der Waals surface area contributed by atoms with Crippen LogP contribution in [-0.2, 0) is 9.53 Å². The molecule has 5 nitrogen and oxygen atoms in total. The summed E-state index contributed by atoms with van der Waals surface area (Å²) in [5.41, 5.74) is 2.43. The molecule has 1 fully saturated rings. The highest BCUT2D eigenvalue weighted by Crippen LogP contribution is 2.33. The Morgan fingerprint density at radius 1 is 1.14 bits per heavy atom. The van der Waals surface area contributed by atoms with Gasteiger partial charge in [-0.2, -0.15) is 0 Å². The van der Waals surface area contributed by atoms with E-state index in [2.05, 4.69) is 10.2 Å². The number of nitrogens with one attached hydrogen (secondary N) is 1. The Morgan fingerprint density at radius 3 is 2.43 bits per heavy atom. The van der Waals surface area contributed by atoms with Crippen molar-refractivity contribution in [1.82, 2.24) is 0 Å². The van der Waals surface area contributed by atoms with Crippen molar-refractivity contribution >= 4 is 17.3 Å². The van der Waals surface area contributed by atoms with E-state index in [9.17, 15) is 9.18 Å². The largest absolute Gasteiger partial charge is 0.495 e. The molecule has 6 heteroatoms. The molecule has 1 saturated heterocycles. The fourth-order valence-electron chi connectivity index (χ4n) is 3.53. The summed E-state index contributed by atoms with van der Waals surface area (Å²) in [6, 6.07) is 11.9. The topological polar surface area (TPSA) is 50.8 Å². The van der Waals surface area contributed by atoms with E-state index in [-0.39, 0.29) is 17.6 Å². The van der Waals surface area contributed by atoms with Gasteiger partial charge in [0, 0.05) is 18.8 Å². The quantitative estimate of drug-likeness (QED) is 0.814. The maximum Gasteiger partial charge on any atom is 0.232 e. The van der Waals surface area contributed by atoms with E-state index in [1.165, 1.54) is 12.1 Å². The molecule has 1 amide bonds. The smallest absolute Gasteiger partial charge is 0.232 e. The summed E-state index contributed by atoms with van der Waals surface area (Å²) < 4.78 is 24.1. The molecule has 3 rings (SSSR count). The van der Waals surface area contributed by atoms with Gasteiger partial charge in [0.05, 0.1) is 31.9 Å². The van der Waals surface area contributed by atoms with Gasteiger partial charge in [-0.05, 0) is 41.8 Å². The van der Waals surface area contributed by atoms with Gasteiger partial charge in [-0.1, -0.05) is 26.0 Å². The zero-order chi connectivity index (χ0) is 20.1. The van der Waals surface area contributed by atoms with Crippen molar-refractivity contribution in [2.75, 3.05) is 43.6 Å². The Bertz CT molecular complexity index is 802. The van der Waals surface area contributed by atoms with Crippen molar-refractivity contribution in [1.29, 1.82) is 0 Å². The highest BCUT2D eigenvalue weighted by atomic mass is 19.1. The molecule has 1 aliphatic heterocycles. The molecule has 0 radical (unpaired) electrons. The lowest BCUT2D eigenvalue weighted by molar-refractivity contribution is -0.118. The average Bonchev–Trinajstić information content (AvgIpc) is 2.70. The first-order valence-corrected chi connectivity index (χ1v) is 9.56. The van der Waals surface area contributed by atoms with Crippen LogP contribution in [0.2, 0.25) is 0 Å². The number of rotatable bonds is 6. The summed E-state index contributed by atoms with van der Waals surface area (Å²) in [7, 11) is 1.58. The number of nitrogens with zero attached hydrogens (tertiary/aromatic N) is 1. The van der Waals surface area contributed by atoms with E-state index in [0.29, 0.717) is 24.7 Å². The summed E-state index contributed by atoms with van der Waals surface area (Å²) in [5, 5.41) is 3.02. The zero-order valence-electron chi connectivity index (χ0n) is 16.6. The van der Waals surface area contributed by atoms with Crippen molar-refractivity contribution in [3.8, 4) is 5.75 Å². The Hall–Kier alpha value is -2.60. The number of benzene rings is 2. The Labute approximate surface area is 165 Å². The van der Waals surface area contributed by atoms with Crippen LogP contribution in [0.4, 0.5) is 15.8 Å². The van der Waals surface area contributed by atoms with Crippen LogP contribution in [0.15, 0.2) is 42.5 Å². The molecule has 0 aromatic heterocycles. The molecule has 28 heavy (non-hydrogen) atoms. The molecule has 0 spiro atoms. The van der Waals surface area contributed by atoms with Gasteiger partial charge in [-0.25, -0.2) is 4.39 Å². The minimum Gasteiger partial charge on any atom is -0.495 e. The van der Waals surface area contributed by atoms with Crippen molar-refractivity contribution in [2.45, 2.75) is 19.8 Å². The first-order valence-electron chi connectivity index (χ1n) is 9.56. The molecule has 150 valence electrons. The van der Waals surface area contributed by atoms with E-state index in [4.69, 9.17) is 9.47 Å². The Morgan fingerprint density at radius 2 is 1.82 bits per heavy atom. The minimum absolute atomic E-state index is 0.0545. The SMILES string of the molecule is COc1ccc(N2CCOCC2)cc1NC(=O)C(c1ccc(F)cc1)C(C)C. The van der Waals surface area contributed by atoms with Gasteiger partial charge in [0.1, 0.15) is 11.6 Å².